The third kappa shape index (κ3) is 4.61. The maximum atomic E-state index is 12.2. The minimum atomic E-state index is -3.26. The highest BCUT2D eigenvalue weighted by Crippen LogP contribution is 2.25. The van der Waals surface area contributed by atoms with Crippen molar-refractivity contribution in [3.8, 4) is 0 Å². The fraction of sp³-hybridized carbons (Fsp3) is 0.765. The lowest BCUT2D eigenvalue weighted by molar-refractivity contribution is -0.136. The second-order valence-corrected chi connectivity index (χ2v) is 9.37. The first kappa shape index (κ1) is 18.4. The summed E-state index contributed by atoms with van der Waals surface area (Å²) in [6, 6.07) is 1.90. The van der Waals surface area contributed by atoms with Crippen molar-refractivity contribution in [3.63, 3.8) is 0 Å². The molecule has 8 heteroatoms. The van der Waals surface area contributed by atoms with E-state index in [0.29, 0.717) is 31.2 Å². The van der Waals surface area contributed by atoms with Gasteiger partial charge in [-0.15, -0.1) is 0 Å². The van der Waals surface area contributed by atoms with E-state index in [2.05, 4.69) is 9.82 Å². The number of hydrogen-bond acceptors (Lipinski definition) is 4. The fourth-order valence-electron chi connectivity index (χ4n) is 3.70. The van der Waals surface area contributed by atoms with Crippen LogP contribution in [0.5, 0.6) is 0 Å². The molecule has 25 heavy (non-hydrogen) atoms. The van der Waals surface area contributed by atoms with Gasteiger partial charge in [-0.05, 0) is 24.8 Å². The van der Waals surface area contributed by atoms with E-state index in [9.17, 15) is 13.2 Å². The summed E-state index contributed by atoms with van der Waals surface area (Å²) < 4.78 is 29.0. The third-order valence-corrected chi connectivity index (χ3v) is 6.55. The molecule has 0 radical (unpaired) electrons. The van der Waals surface area contributed by atoms with E-state index in [1.807, 2.05) is 29.5 Å². The monoisotopic (exact) mass is 368 g/mol. The highest BCUT2D eigenvalue weighted by atomic mass is 32.2. The lowest BCUT2D eigenvalue weighted by Crippen LogP contribution is -2.40. The van der Waals surface area contributed by atoms with Crippen molar-refractivity contribution in [3.05, 3.63) is 17.5 Å². The lowest BCUT2D eigenvalue weighted by Gasteiger charge is -2.29. The molecule has 0 spiro atoms. The van der Waals surface area contributed by atoms with Crippen LogP contribution in [0.25, 0.3) is 0 Å². The normalized spacial score (nSPS) is 18.8. The molecule has 1 aliphatic carbocycles. The molecule has 2 heterocycles. The number of nitrogens with zero attached hydrogens (tertiary/aromatic N) is 3. The first-order chi connectivity index (χ1) is 11.8. The van der Waals surface area contributed by atoms with E-state index < -0.39 is 10.0 Å². The standard InChI is InChI=1S/C17H28N4O3S/c1-13(2)17(22)20-7-8-21-16(11-20)9-15(19-21)10-18-25(23,24)12-14-5-3-4-6-14/h9,13-14,18H,3-8,10-12H2,1-2H3. The second-order valence-electron chi connectivity index (χ2n) is 7.52. The summed E-state index contributed by atoms with van der Waals surface area (Å²) in [4.78, 5) is 14.0. The number of rotatable bonds is 6. The summed E-state index contributed by atoms with van der Waals surface area (Å²) in [6.07, 6.45) is 4.30. The molecule has 1 amide bonds. The maximum Gasteiger partial charge on any atom is 0.225 e. The van der Waals surface area contributed by atoms with Gasteiger partial charge in [0, 0.05) is 12.5 Å². The Morgan fingerprint density at radius 3 is 2.72 bits per heavy atom. The van der Waals surface area contributed by atoms with Crippen molar-refractivity contribution in [2.75, 3.05) is 12.3 Å². The number of nitrogens with one attached hydrogen (secondary N) is 1. The lowest BCUT2D eigenvalue weighted by atomic mass is 10.1. The molecule has 1 aliphatic heterocycles. The van der Waals surface area contributed by atoms with Gasteiger partial charge in [-0.3, -0.25) is 9.48 Å². The molecule has 1 fully saturated rings. The molecule has 0 aromatic carbocycles. The quantitative estimate of drug-likeness (QED) is 0.824. The molecular formula is C17H28N4O3S. The van der Waals surface area contributed by atoms with Crippen molar-refractivity contribution in [2.24, 2.45) is 11.8 Å². The first-order valence-electron chi connectivity index (χ1n) is 9.16. The minimum Gasteiger partial charge on any atom is -0.335 e. The number of carbonyl (C=O) groups is 1. The van der Waals surface area contributed by atoms with Crippen LogP contribution in [0.15, 0.2) is 6.07 Å². The highest BCUT2D eigenvalue weighted by molar-refractivity contribution is 7.89. The van der Waals surface area contributed by atoms with Crippen molar-refractivity contribution in [1.29, 1.82) is 0 Å². The largest absolute Gasteiger partial charge is 0.335 e. The van der Waals surface area contributed by atoms with E-state index >= 15 is 0 Å². The van der Waals surface area contributed by atoms with Gasteiger partial charge in [-0.2, -0.15) is 5.10 Å². The van der Waals surface area contributed by atoms with Gasteiger partial charge in [0.25, 0.3) is 0 Å². The average molecular weight is 369 g/mol. The van der Waals surface area contributed by atoms with E-state index in [1.165, 1.54) is 0 Å². The van der Waals surface area contributed by atoms with Gasteiger partial charge in [0.1, 0.15) is 0 Å². The Kier molecular flexibility index (Phi) is 5.48. The molecule has 0 bridgehead atoms. The Labute approximate surface area is 149 Å². The van der Waals surface area contributed by atoms with Crippen LogP contribution in [0.1, 0.15) is 50.9 Å². The van der Waals surface area contributed by atoms with Crippen molar-refractivity contribution in [2.45, 2.75) is 59.2 Å². The van der Waals surface area contributed by atoms with Crippen LogP contribution in [-0.4, -0.2) is 41.3 Å². The Morgan fingerprint density at radius 2 is 2.04 bits per heavy atom. The van der Waals surface area contributed by atoms with Gasteiger partial charge in [-0.25, -0.2) is 13.1 Å². The summed E-state index contributed by atoms with van der Waals surface area (Å²) in [7, 11) is -3.26. The number of carbonyl (C=O) groups excluding carboxylic acids is 1. The molecule has 3 rings (SSSR count). The Morgan fingerprint density at radius 1 is 1.32 bits per heavy atom. The van der Waals surface area contributed by atoms with Crippen molar-refractivity contribution < 1.29 is 13.2 Å². The van der Waals surface area contributed by atoms with Crippen LogP contribution in [0.3, 0.4) is 0 Å². The molecule has 0 atom stereocenters. The van der Waals surface area contributed by atoms with Gasteiger partial charge in [0.05, 0.1) is 36.8 Å². The van der Waals surface area contributed by atoms with Crippen LogP contribution < -0.4 is 4.72 Å². The second kappa shape index (κ2) is 7.45. The predicted molar refractivity (Wildman–Crippen MR) is 95.1 cm³/mol. The molecule has 1 saturated carbocycles. The van der Waals surface area contributed by atoms with Crippen LogP contribution >= 0.6 is 0 Å². The maximum absolute atomic E-state index is 12.2. The summed E-state index contributed by atoms with van der Waals surface area (Å²) in [6.45, 7) is 5.87. The number of fused-ring (bicyclic) bond motifs is 1. The van der Waals surface area contributed by atoms with E-state index in [-0.39, 0.29) is 24.1 Å². The predicted octanol–water partition coefficient (Wildman–Crippen LogP) is 1.49. The first-order valence-corrected chi connectivity index (χ1v) is 10.8. The van der Waals surface area contributed by atoms with Crippen LogP contribution in [0.4, 0.5) is 0 Å². The highest BCUT2D eigenvalue weighted by Gasteiger charge is 2.25. The summed E-state index contributed by atoms with van der Waals surface area (Å²) >= 11 is 0. The number of hydrogen-bond donors (Lipinski definition) is 1. The number of sulfonamides is 1. The number of aromatic nitrogens is 2. The summed E-state index contributed by atoms with van der Waals surface area (Å²) in [5.41, 5.74) is 1.68. The zero-order valence-corrected chi connectivity index (χ0v) is 15.9. The van der Waals surface area contributed by atoms with Gasteiger partial charge in [0.2, 0.25) is 15.9 Å². The fourth-order valence-corrected chi connectivity index (χ4v) is 5.14. The zero-order chi connectivity index (χ0) is 18.0. The van der Waals surface area contributed by atoms with Crippen LogP contribution in [0.2, 0.25) is 0 Å². The Balaban J connectivity index is 1.57. The molecule has 1 N–H and O–H groups in total. The van der Waals surface area contributed by atoms with Gasteiger partial charge < -0.3 is 4.90 Å². The topological polar surface area (TPSA) is 84.3 Å². The summed E-state index contributed by atoms with van der Waals surface area (Å²) in [5.74, 6) is 0.642. The SMILES string of the molecule is CC(C)C(=O)N1CCn2nc(CNS(=O)(=O)CC3CCCC3)cc2C1. The molecule has 2 aliphatic rings. The van der Waals surface area contributed by atoms with Crippen molar-refractivity contribution >= 4 is 15.9 Å². The molecule has 1 aromatic rings. The smallest absolute Gasteiger partial charge is 0.225 e. The molecule has 140 valence electrons. The average Bonchev–Trinajstić information content (AvgIpc) is 3.20. The Bertz CT molecular complexity index is 720. The van der Waals surface area contributed by atoms with E-state index in [4.69, 9.17) is 0 Å². The van der Waals surface area contributed by atoms with E-state index in [0.717, 1.165) is 31.4 Å². The Hall–Kier alpha value is -1.41. The molecular weight excluding hydrogens is 340 g/mol. The van der Waals surface area contributed by atoms with E-state index in [1.54, 1.807) is 0 Å². The van der Waals surface area contributed by atoms with Gasteiger partial charge >= 0.3 is 0 Å². The molecule has 0 unspecified atom stereocenters. The molecule has 0 saturated heterocycles. The summed E-state index contributed by atoms with van der Waals surface area (Å²) in [5, 5.41) is 4.48. The van der Waals surface area contributed by atoms with Crippen LogP contribution in [0, 0.1) is 11.8 Å². The van der Waals surface area contributed by atoms with Crippen molar-refractivity contribution in [1.82, 2.24) is 19.4 Å². The molecule has 1 aromatic heterocycles. The van der Waals surface area contributed by atoms with Gasteiger partial charge in [-0.1, -0.05) is 26.7 Å². The van der Waals surface area contributed by atoms with Gasteiger partial charge in [0.15, 0.2) is 0 Å². The zero-order valence-electron chi connectivity index (χ0n) is 15.1. The number of amides is 1. The van der Waals surface area contributed by atoms with Crippen LogP contribution in [-0.2, 0) is 34.5 Å². The third-order valence-electron chi connectivity index (χ3n) is 5.06. The minimum absolute atomic E-state index is 0.0173. The molecule has 7 nitrogen and oxygen atoms in total.